The fraction of sp³-hybridized carbons (Fsp3) is 0.333. The molecule has 1 fully saturated rings. The van der Waals surface area contributed by atoms with Crippen molar-refractivity contribution in [3.8, 4) is 5.75 Å². The summed E-state index contributed by atoms with van der Waals surface area (Å²) in [5, 5.41) is 5.46. The first kappa shape index (κ1) is 26.0. The Hall–Kier alpha value is -4.26. The molecule has 0 amide bonds. The third-order valence-electron chi connectivity index (χ3n) is 7.70. The van der Waals surface area contributed by atoms with Gasteiger partial charge in [-0.1, -0.05) is 18.2 Å². The molecule has 2 aromatic carbocycles. The Kier molecular flexibility index (Phi) is 6.96. The molecular formula is C33H35N5O2. The second-order valence-corrected chi connectivity index (χ2v) is 11.9. The molecule has 40 heavy (non-hydrogen) atoms. The van der Waals surface area contributed by atoms with Gasteiger partial charge in [0.05, 0.1) is 11.1 Å². The van der Waals surface area contributed by atoms with Crippen molar-refractivity contribution >= 4 is 33.7 Å². The highest BCUT2D eigenvalue weighted by Crippen LogP contribution is 2.39. The summed E-state index contributed by atoms with van der Waals surface area (Å²) in [6.07, 6.45) is 10.8. The maximum absolute atomic E-state index is 13.4. The second-order valence-electron chi connectivity index (χ2n) is 11.9. The summed E-state index contributed by atoms with van der Waals surface area (Å²) in [6.45, 7) is 6.35. The molecular weight excluding hydrogens is 498 g/mol. The molecule has 3 heterocycles. The summed E-state index contributed by atoms with van der Waals surface area (Å²) >= 11 is 0. The predicted octanol–water partition coefficient (Wildman–Crippen LogP) is 7.38. The number of hydrogen-bond acceptors (Lipinski definition) is 6. The molecule has 7 heteroatoms. The summed E-state index contributed by atoms with van der Waals surface area (Å²) in [7, 11) is 0. The van der Waals surface area contributed by atoms with Crippen LogP contribution in [0, 0.1) is 5.92 Å². The lowest BCUT2D eigenvalue weighted by Crippen LogP contribution is -2.26. The van der Waals surface area contributed by atoms with Crippen LogP contribution in [0.4, 0.5) is 5.82 Å². The molecule has 0 bridgehead atoms. The smallest absolute Gasteiger partial charge is 0.343 e. The van der Waals surface area contributed by atoms with Gasteiger partial charge in [0.2, 0.25) is 0 Å². The van der Waals surface area contributed by atoms with Crippen LogP contribution in [0.15, 0.2) is 79.4 Å². The highest BCUT2D eigenvalue weighted by Gasteiger charge is 2.27. The van der Waals surface area contributed by atoms with Crippen LogP contribution in [0.25, 0.3) is 21.9 Å². The van der Waals surface area contributed by atoms with Gasteiger partial charge >= 0.3 is 5.97 Å². The largest absolute Gasteiger partial charge is 0.423 e. The minimum atomic E-state index is -0.331. The zero-order valence-corrected chi connectivity index (χ0v) is 23.3. The van der Waals surface area contributed by atoms with E-state index in [0.29, 0.717) is 23.3 Å². The average molecular weight is 534 g/mol. The summed E-state index contributed by atoms with van der Waals surface area (Å²) < 4.78 is 8.08. The number of hydrogen-bond donors (Lipinski definition) is 1. The minimum absolute atomic E-state index is 0.0982. The van der Waals surface area contributed by atoms with Gasteiger partial charge in [0.15, 0.2) is 0 Å². The molecule has 2 atom stereocenters. The van der Waals surface area contributed by atoms with Gasteiger partial charge < -0.3 is 14.6 Å². The van der Waals surface area contributed by atoms with E-state index in [-0.39, 0.29) is 11.5 Å². The van der Waals surface area contributed by atoms with Crippen molar-refractivity contribution in [1.82, 2.24) is 19.5 Å². The monoisotopic (exact) mass is 533 g/mol. The van der Waals surface area contributed by atoms with E-state index < -0.39 is 0 Å². The molecule has 1 aliphatic carbocycles. The Morgan fingerprint density at radius 1 is 1.05 bits per heavy atom. The summed E-state index contributed by atoms with van der Waals surface area (Å²) in [5.74, 6) is 1.61. The van der Waals surface area contributed by atoms with E-state index in [0.717, 1.165) is 65.4 Å². The van der Waals surface area contributed by atoms with E-state index in [4.69, 9.17) is 9.72 Å². The predicted molar refractivity (Wildman–Crippen MR) is 159 cm³/mol. The number of pyridine rings is 1. The molecule has 5 aromatic rings. The van der Waals surface area contributed by atoms with E-state index in [9.17, 15) is 4.79 Å². The Labute approximate surface area is 234 Å². The van der Waals surface area contributed by atoms with E-state index in [2.05, 4.69) is 59.0 Å². The van der Waals surface area contributed by atoms with E-state index >= 15 is 0 Å². The average Bonchev–Trinajstić information content (AvgIpc) is 3.58. The molecule has 3 aromatic heterocycles. The number of esters is 1. The molecule has 1 aliphatic rings. The Morgan fingerprint density at radius 2 is 1.90 bits per heavy atom. The van der Waals surface area contributed by atoms with Crippen molar-refractivity contribution in [3.63, 3.8) is 0 Å². The van der Waals surface area contributed by atoms with Crippen LogP contribution in [0.1, 0.15) is 68.4 Å². The lowest BCUT2D eigenvalue weighted by Gasteiger charge is -2.21. The zero-order valence-electron chi connectivity index (χ0n) is 23.3. The van der Waals surface area contributed by atoms with Crippen LogP contribution < -0.4 is 10.1 Å². The second kappa shape index (κ2) is 10.7. The van der Waals surface area contributed by atoms with Crippen molar-refractivity contribution < 1.29 is 9.53 Å². The minimum Gasteiger partial charge on any atom is -0.423 e. The first-order chi connectivity index (χ1) is 19.3. The molecule has 6 rings (SSSR count). The fourth-order valence-electron chi connectivity index (χ4n) is 5.83. The number of aromatic nitrogens is 4. The van der Waals surface area contributed by atoms with Gasteiger partial charge in [-0.15, -0.1) is 0 Å². The summed E-state index contributed by atoms with van der Waals surface area (Å²) in [4.78, 5) is 26.9. The number of nitrogens with zero attached hydrogens (tertiary/aromatic N) is 4. The molecule has 204 valence electrons. The van der Waals surface area contributed by atoms with Crippen molar-refractivity contribution in [2.75, 3.05) is 5.32 Å². The number of ether oxygens (including phenoxy) is 1. The molecule has 2 unspecified atom stereocenters. The third kappa shape index (κ3) is 5.69. The van der Waals surface area contributed by atoms with Gasteiger partial charge in [0, 0.05) is 34.7 Å². The van der Waals surface area contributed by atoms with Crippen molar-refractivity contribution in [2.45, 2.75) is 64.5 Å². The molecule has 7 nitrogen and oxygen atoms in total. The van der Waals surface area contributed by atoms with Crippen molar-refractivity contribution in [1.29, 1.82) is 0 Å². The van der Waals surface area contributed by atoms with Crippen LogP contribution in [0.3, 0.4) is 0 Å². The van der Waals surface area contributed by atoms with Gasteiger partial charge in [-0.3, -0.25) is 0 Å². The number of anilines is 1. The SMILES string of the molecule is CC(C)(C)Nc1ccc2cc(C(=O)Oc3ccccc3)c(CCC3CCC(n4ccc5cncnc54)C3)cc2n1. The fourth-order valence-corrected chi connectivity index (χ4v) is 5.83. The quantitative estimate of drug-likeness (QED) is 0.174. The van der Waals surface area contributed by atoms with Crippen LogP contribution in [0.5, 0.6) is 5.75 Å². The maximum atomic E-state index is 13.4. The Morgan fingerprint density at radius 3 is 2.73 bits per heavy atom. The van der Waals surface area contributed by atoms with Crippen LogP contribution in [0.2, 0.25) is 0 Å². The highest BCUT2D eigenvalue weighted by atomic mass is 16.5. The molecule has 1 N–H and O–H groups in total. The lowest BCUT2D eigenvalue weighted by atomic mass is 9.94. The Bertz CT molecular complexity index is 1650. The van der Waals surface area contributed by atoms with E-state index in [1.165, 1.54) is 0 Å². The summed E-state index contributed by atoms with van der Waals surface area (Å²) in [6, 6.07) is 19.8. The van der Waals surface area contributed by atoms with Gasteiger partial charge in [-0.05, 0) is 107 Å². The number of carbonyl (C=O) groups is 1. The standard InChI is InChI=1S/C33H35N5O2/c1-33(2,3)37-30-14-12-24-18-28(32(39)40-27-7-5-4-6-8-27)23(19-29(24)36-30)11-9-22-10-13-26(17-22)38-16-15-25-20-34-21-35-31(25)38/h4-8,12,14-16,18-22,26H,9-11,13,17H2,1-3H3,(H,36,37). The normalized spacial score (nSPS) is 17.4. The first-order valence-electron chi connectivity index (χ1n) is 14.1. The molecule has 0 radical (unpaired) electrons. The van der Waals surface area contributed by atoms with Gasteiger partial charge in [0.25, 0.3) is 0 Å². The number of benzene rings is 2. The van der Waals surface area contributed by atoms with Crippen molar-refractivity contribution in [2.24, 2.45) is 5.92 Å². The molecule has 0 aliphatic heterocycles. The molecule has 1 saturated carbocycles. The number of aryl methyl sites for hydroxylation is 1. The lowest BCUT2D eigenvalue weighted by molar-refractivity contribution is 0.0733. The summed E-state index contributed by atoms with van der Waals surface area (Å²) in [5.41, 5.74) is 3.38. The number of para-hydroxylation sites is 1. The Balaban J connectivity index is 1.24. The number of rotatable bonds is 7. The van der Waals surface area contributed by atoms with E-state index in [1.807, 2.05) is 42.6 Å². The number of fused-ring (bicyclic) bond motifs is 2. The maximum Gasteiger partial charge on any atom is 0.343 e. The number of carbonyl (C=O) groups excluding carboxylic acids is 1. The van der Waals surface area contributed by atoms with Crippen LogP contribution in [-0.2, 0) is 6.42 Å². The first-order valence-corrected chi connectivity index (χ1v) is 14.1. The third-order valence-corrected chi connectivity index (χ3v) is 7.70. The van der Waals surface area contributed by atoms with Crippen LogP contribution >= 0.6 is 0 Å². The van der Waals surface area contributed by atoms with Gasteiger partial charge in [-0.2, -0.15) is 0 Å². The topological polar surface area (TPSA) is 81.9 Å². The van der Waals surface area contributed by atoms with Crippen LogP contribution in [-0.4, -0.2) is 31.0 Å². The molecule has 0 spiro atoms. The van der Waals surface area contributed by atoms with Gasteiger partial charge in [-0.25, -0.2) is 19.7 Å². The van der Waals surface area contributed by atoms with E-state index in [1.54, 1.807) is 18.5 Å². The highest BCUT2D eigenvalue weighted by molar-refractivity contribution is 5.97. The number of nitrogens with one attached hydrogen (secondary N) is 1. The molecule has 0 saturated heterocycles. The van der Waals surface area contributed by atoms with Crippen molar-refractivity contribution in [3.05, 3.63) is 90.5 Å². The zero-order chi connectivity index (χ0) is 27.7. The van der Waals surface area contributed by atoms with Gasteiger partial charge in [0.1, 0.15) is 23.5 Å².